The first-order chi connectivity index (χ1) is 14.3. The molecule has 2 N–H and O–H groups in total. The fourth-order valence-corrected chi connectivity index (χ4v) is 2.95. The van der Waals surface area contributed by atoms with Crippen molar-refractivity contribution in [3.05, 3.63) is 35.2 Å². The average molecular weight is 420 g/mol. The van der Waals surface area contributed by atoms with Crippen LogP contribution in [0.3, 0.4) is 0 Å². The van der Waals surface area contributed by atoms with Gasteiger partial charge >= 0.3 is 12.1 Å². The minimum absolute atomic E-state index is 0.00231. The monoisotopic (exact) mass is 419 g/mol. The number of ether oxygens (including phenoxy) is 3. The van der Waals surface area contributed by atoms with Crippen LogP contribution in [0.25, 0.3) is 0 Å². The van der Waals surface area contributed by atoms with Crippen molar-refractivity contribution in [2.75, 3.05) is 32.2 Å². The first kappa shape index (κ1) is 23.7. The zero-order valence-corrected chi connectivity index (χ0v) is 18.4. The van der Waals surface area contributed by atoms with Crippen LogP contribution < -0.4 is 10.6 Å². The van der Waals surface area contributed by atoms with Crippen molar-refractivity contribution in [1.29, 1.82) is 0 Å². The van der Waals surface area contributed by atoms with Gasteiger partial charge in [0.15, 0.2) is 0 Å². The Balaban J connectivity index is 1.70. The van der Waals surface area contributed by atoms with Gasteiger partial charge in [0.2, 0.25) is 0 Å². The SMILES string of the molecule is COC(=O)C(=CCOCCCCc1ccc2c(n1)NCCC2)NC(=O)OC(C)(C)C. The molecule has 0 saturated heterocycles. The van der Waals surface area contributed by atoms with Crippen LogP contribution in [0.1, 0.15) is 51.3 Å². The lowest BCUT2D eigenvalue weighted by Crippen LogP contribution is -2.34. The number of carbonyl (C=O) groups is 2. The summed E-state index contributed by atoms with van der Waals surface area (Å²) < 4.78 is 15.4. The van der Waals surface area contributed by atoms with E-state index >= 15 is 0 Å². The summed E-state index contributed by atoms with van der Waals surface area (Å²) >= 11 is 0. The maximum atomic E-state index is 11.9. The second kappa shape index (κ2) is 11.5. The van der Waals surface area contributed by atoms with Crippen LogP contribution in [0, 0.1) is 0 Å². The van der Waals surface area contributed by atoms with E-state index in [4.69, 9.17) is 9.47 Å². The number of nitrogens with zero attached hydrogens (tertiary/aromatic N) is 1. The van der Waals surface area contributed by atoms with Crippen LogP contribution in [0.5, 0.6) is 0 Å². The number of aromatic nitrogens is 1. The highest BCUT2D eigenvalue weighted by atomic mass is 16.6. The number of alkyl carbamates (subject to hydrolysis) is 1. The van der Waals surface area contributed by atoms with Crippen LogP contribution >= 0.6 is 0 Å². The average Bonchev–Trinajstić information content (AvgIpc) is 2.70. The van der Waals surface area contributed by atoms with Gasteiger partial charge in [-0.15, -0.1) is 0 Å². The summed E-state index contributed by atoms with van der Waals surface area (Å²) in [5.41, 5.74) is 1.71. The van der Waals surface area contributed by atoms with E-state index in [0.717, 1.165) is 50.2 Å². The summed E-state index contributed by atoms with van der Waals surface area (Å²) in [6.07, 6.45) is 5.72. The summed E-state index contributed by atoms with van der Waals surface area (Å²) in [4.78, 5) is 28.4. The van der Waals surface area contributed by atoms with Gasteiger partial charge in [0, 0.05) is 18.8 Å². The third-order valence-corrected chi connectivity index (χ3v) is 4.37. The van der Waals surface area contributed by atoms with Crippen LogP contribution in [-0.2, 0) is 31.8 Å². The number of esters is 1. The largest absolute Gasteiger partial charge is 0.464 e. The van der Waals surface area contributed by atoms with Gasteiger partial charge < -0.3 is 19.5 Å². The van der Waals surface area contributed by atoms with Crippen LogP contribution in [0.15, 0.2) is 23.9 Å². The number of hydrogen-bond acceptors (Lipinski definition) is 7. The first-order valence-corrected chi connectivity index (χ1v) is 10.4. The van der Waals surface area contributed by atoms with Gasteiger partial charge in [-0.3, -0.25) is 5.32 Å². The van der Waals surface area contributed by atoms with Crippen LogP contribution in [-0.4, -0.2) is 49.5 Å². The molecule has 0 aromatic carbocycles. The number of carbonyl (C=O) groups excluding carboxylic acids is 2. The third kappa shape index (κ3) is 8.41. The Hall–Kier alpha value is -2.61. The molecule has 2 rings (SSSR count). The van der Waals surface area contributed by atoms with E-state index in [0.29, 0.717) is 6.61 Å². The number of anilines is 1. The number of pyridine rings is 1. The Labute approximate surface area is 178 Å². The second-order valence-electron chi connectivity index (χ2n) is 8.11. The molecule has 0 bridgehead atoms. The molecule has 0 spiro atoms. The van der Waals surface area contributed by atoms with E-state index in [2.05, 4.69) is 32.5 Å². The van der Waals surface area contributed by atoms with Crippen LogP contribution in [0.4, 0.5) is 10.6 Å². The van der Waals surface area contributed by atoms with Gasteiger partial charge in [-0.25, -0.2) is 14.6 Å². The predicted molar refractivity (Wildman–Crippen MR) is 114 cm³/mol. The third-order valence-electron chi connectivity index (χ3n) is 4.37. The minimum Gasteiger partial charge on any atom is -0.464 e. The quantitative estimate of drug-likeness (QED) is 0.360. The van der Waals surface area contributed by atoms with Crippen molar-refractivity contribution in [3.8, 4) is 0 Å². The lowest BCUT2D eigenvalue weighted by molar-refractivity contribution is -0.136. The molecule has 0 atom stereocenters. The number of fused-ring (bicyclic) bond motifs is 1. The van der Waals surface area contributed by atoms with E-state index < -0.39 is 17.7 Å². The highest BCUT2D eigenvalue weighted by Crippen LogP contribution is 2.20. The number of rotatable bonds is 9. The fraction of sp³-hybridized carbons (Fsp3) is 0.591. The van der Waals surface area contributed by atoms with Crippen molar-refractivity contribution in [3.63, 3.8) is 0 Å². The van der Waals surface area contributed by atoms with Gasteiger partial charge in [0.25, 0.3) is 0 Å². The molecular weight excluding hydrogens is 386 g/mol. The molecule has 8 nitrogen and oxygen atoms in total. The zero-order chi connectivity index (χ0) is 22.0. The smallest absolute Gasteiger partial charge is 0.412 e. The molecule has 30 heavy (non-hydrogen) atoms. The molecular formula is C22H33N3O5. The highest BCUT2D eigenvalue weighted by molar-refractivity contribution is 5.92. The Morgan fingerprint density at radius 3 is 2.80 bits per heavy atom. The molecule has 0 fully saturated rings. The van der Waals surface area contributed by atoms with E-state index in [1.54, 1.807) is 20.8 Å². The summed E-state index contributed by atoms with van der Waals surface area (Å²) in [6, 6.07) is 4.26. The molecule has 0 unspecified atom stereocenters. The van der Waals surface area contributed by atoms with E-state index in [1.807, 2.05) is 0 Å². The molecule has 1 aromatic rings. The number of nitrogens with one attached hydrogen (secondary N) is 2. The Bertz CT molecular complexity index is 756. The number of aryl methyl sites for hydroxylation is 2. The standard InChI is InChI=1S/C22H33N3O5/c1-22(2,3)30-21(27)25-18(20(26)28-4)12-15-29-14-6-5-9-17-11-10-16-8-7-13-23-19(16)24-17/h10-12H,5-9,13-15H2,1-4H3,(H,23,24)(H,25,27). The molecule has 1 aromatic heterocycles. The Morgan fingerprint density at radius 2 is 2.07 bits per heavy atom. The minimum atomic E-state index is -0.716. The van der Waals surface area contributed by atoms with Gasteiger partial charge in [-0.2, -0.15) is 0 Å². The maximum Gasteiger partial charge on any atom is 0.412 e. The molecule has 0 radical (unpaired) electrons. The molecule has 1 aliphatic heterocycles. The van der Waals surface area contributed by atoms with Crippen molar-refractivity contribution >= 4 is 17.9 Å². The van der Waals surface area contributed by atoms with Gasteiger partial charge in [0.05, 0.1) is 13.7 Å². The van der Waals surface area contributed by atoms with Crippen molar-refractivity contribution in [2.45, 2.75) is 58.5 Å². The van der Waals surface area contributed by atoms with E-state index in [1.165, 1.54) is 18.7 Å². The molecule has 8 heteroatoms. The van der Waals surface area contributed by atoms with Crippen molar-refractivity contribution < 1.29 is 23.8 Å². The molecule has 166 valence electrons. The lowest BCUT2D eigenvalue weighted by Gasteiger charge is -2.20. The predicted octanol–water partition coefficient (Wildman–Crippen LogP) is 3.36. The van der Waals surface area contributed by atoms with Crippen molar-refractivity contribution in [2.24, 2.45) is 0 Å². The normalized spacial score (nSPS) is 13.8. The number of amides is 1. The summed E-state index contributed by atoms with van der Waals surface area (Å²) in [5, 5.41) is 5.76. The van der Waals surface area contributed by atoms with Gasteiger partial charge in [0.1, 0.15) is 17.1 Å². The van der Waals surface area contributed by atoms with Crippen molar-refractivity contribution in [1.82, 2.24) is 10.3 Å². The van der Waals surface area contributed by atoms with Gasteiger partial charge in [-0.05, 0) is 70.6 Å². The highest BCUT2D eigenvalue weighted by Gasteiger charge is 2.19. The molecule has 1 amide bonds. The molecule has 2 heterocycles. The number of methoxy groups -OCH3 is 1. The zero-order valence-electron chi connectivity index (χ0n) is 18.4. The second-order valence-corrected chi connectivity index (χ2v) is 8.11. The molecule has 0 aliphatic carbocycles. The summed E-state index contributed by atoms with van der Waals surface area (Å²) in [7, 11) is 1.25. The number of unbranched alkanes of at least 4 members (excludes halogenated alkanes) is 1. The van der Waals surface area contributed by atoms with Crippen LogP contribution in [0.2, 0.25) is 0 Å². The Morgan fingerprint density at radius 1 is 1.27 bits per heavy atom. The Kier molecular flexibility index (Phi) is 9.11. The maximum absolute atomic E-state index is 11.9. The molecule has 0 saturated carbocycles. The summed E-state index contributed by atoms with van der Waals surface area (Å²) in [6.45, 7) is 6.94. The first-order valence-electron chi connectivity index (χ1n) is 10.4. The van der Waals surface area contributed by atoms with E-state index in [9.17, 15) is 9.59 Å². The lowest BCUT2D eigenvalue weighted by atomic mass is 10.1. The molecule has 1 aliphatic rings. The number of hydrogen-bond donors (Lipinski definition) is 2. The summed E-state index contributed by atoms with van der Waals surface area (Å²) in [5.74, 6) is 0.365. The fourth-order valence-electron chi connectivity index (χ4n) is 2.95. The van der Waals surface area contributed by atoms with E-state index in [-0.39, 0.29) is 12.3 Å². The van der Waals surface area contributed by atoms with Gasteiger partial charge in [-0.1, -0.05) is 6.07 Å². The topological polar surface area (TPSA) is 98.8 Å².